The van der Waals surface area contributed by atoms with E-state index >= 15 is 0 Å². The van der Waals surface area contributed by atoms with Gasteiger partial charge in [-0.05, 0) is 37.5 Å². The molecule has 0 radical (unpaired) electrons. The van der Waals surface area contributed by atoms with Crippen LogP contribution in [0.1, 0.15) is 29.6 Å². The number of benzene rings is 1. The summed E-state index contributed by atoms with van der Waals surface area (Å²) in [4.78, 5) is 12.0. The van der Waals surface area contributed by atoms with Crippen LogP contribution in [0.15, 0.2) is 18.2 Å². The molecule has 1 aromatic heterocycles. The van der Waals surface area contributed by atoms with E-state index in [1.54, 1.807) is 16.8 Å². The Hall–Kier alpha value is -1.95. The molecule has 1 fully saturated rings. The van der Waals surface area contributed by atoms with Gasteiger partial charge in [0.2, 0.25) is 0 Å². The largest absolute Gasteiger partial charge is 0.459 e. The molecule has 2 aromatic rings. The Morgan fingerprint density at radius 2 is 2.40 bits per heavy atom. The molecule has 0 saturated carbocycles. The van der Waals surface area contributed by atoms with E-state index in [1.165, 1.54) is 0 Å². The van der Waals surface area contributed by atoms with Gasteiger partial charge in [-0.3, -0.25) is 0 Å². The lowest BCUT2D eigenvalue weighted by Crippen LogP contribution is -2.25. The number of carbonyl (C=O) groups excluding carboxylic acids is 1. The summed E-state index contributed by atoms with van der Waals surface area (Å²) < 4.78 is 12.5. The molecule has 1 aromatic carbocycles. The summed E-state index contributed by atoms with van der Waals surface area (Å²) in [5.74, 6) is -0.341. The first kappa shape index (κ1) is 13.1. The third-order valence-corrected chi connectivity index (χ3v) is 3.52. The van der Waals surface area contributed by atoms with Crippen molar-refractivity contribution in [3.05, 3.63) is 23.8 Å². The monoisotopic (exact) mass is 275 g/mol. The second kappa shape index (κ2) is 5.58. The highest BCUT2D eigenvalue weighted by Crippen LogP contribution is 2.16. The number of aryl methyl sites for hydroxylation is 1. The Morgan fingerprint density at radius 3 is 3.20 bits per heavy atom. The lowest BCUT2D eigenvalue weighted by atomic mass is 10.1. The van der Waals surface area contributed by atoms with E-state index in [4.69, 9.17) is 9.47 Å². The predicted octanol–water partition coefficient (Wildman–Crippen LogP) is 1.69. The van der Waals surface area contributed by atoms with Gasteiger partial charge in [-0.15, -0.1) is 5.10 Å². The summed E-state index contributed by atoms with van der Waals surface area (Å²) in [6.07, 6.45) is 3.21. The van der Waals surface area contributed by atoms with Gasteiger partial charge in [0.05, 0.1) is 17.2 Å². The maximum absolute atomic E-state index is 12.0. The van der Waals surface area contributed by atoms with Crippen molar-refractivity contribution >= 4 is 17.0 Å². The van der Waals surface area contributed by atoms with E-state index in [-0.39, 0.29) is 12.1 Å². The molecule has 2 heterocycles. The molecule has 1 aliphatic rings. The Labute approximate surface area is 116 Å². The minimum Gasteiger partial charge on any atom is -0.459 e. The number of carbonyl (C=O) groups is 1. The van der Waals surface area contributed by atoms with Gasteiger partial charge in [-0.2, -0.15) is 0 Å². The molecule has 0 amide bonds. The SMILES string of the molecule is Cn1nnc2cc(C(=O)OCC3CCCCO3)ccc21. The van der Waals surface area contributed by atoms with Crippen LogP contribution in [0.2, 0.25) is 0 Å². The van der Waals surface area contributed by atoms with E-state index < -0.39 is 0 Å². The molecule has 0 aliphatic carbocycles. The first-order valence-corrected chi connectivity index (χ1v) is 6.82. The molecule has 20 heavy (non-hydrogen) atoms. The smallest absolute Gasteiger partial charge is 0.338 e. The van der Waals surface area contributed by atoms with Crippen molar-refractivity contribution < 1.29 is 14.3 Å². The van der Waals surface area contributed by atoms with Crippen LogP contribution in [0.5, 0.6) is 0 Å². The zero-order valence-corrected chi connectivity index (χ0v) is 11.4. The standard InChI is InChI=1S/C14H17N3O3/c1-17-13-6-5-10(8-12(13)15-16-17)14(18)20-9-11-4-2-3-7-19-11/h5-6,8,11H,2-4,7,9H2,1H3. The number of hydrogen-bond acceptors (Lipinski definition) is 5. The summed E-state index contributed by atoms with van der Waals surface area (Å²) in [6.45, 7) is 1.07. The summed E-state index contributed by atoms with van der Waals surface area (Å²) in [5, 5.41) is 7.90. The third kappa shape index (κ3) is 2.65. The Morgan fingerprint density at radius 1 is 1.50 bits per heavy atom. The average molecular weight is 275 g/mol. The minimum atomic E-state index is -0.341. The molecular formula is C14H17N3O3. The second-order valence-corrected chi connectivity index (χ2v) is 5.00. The number of aromatic nitrogens is 3. The molecule has 0 N–H and O–H groups in total. The third-order valence-electron chi connectivity index (χ3n) is 3.52. The Balaban J connectivity index is 1.65. The highest BCUT2D eigenvalue weighted by molar-refractivity contribution is 5.93. The topological polar surface area (TPSA) is 66.2 Å². The lowest BCUT2D eigenvalue weighted by molar-refractivity contribution is -0.0300. The number of nitrogens with zero attached hydrogens (tertiary/aromatic N) is 3. The molecule has 1 atom stereocenters. The maximum atomic E-state index is 12.0. The van der Waals surface area contributed by atoms with Gasteiger partial charge >= 0.3 is 5.97 Å². The first-order chi connectivity index (χ1) is 9.74. The number of hydrogen-bond donors (Lipinski definition) is 0. The first-order valence-electron chi connectivity index (χ1n) is 6.82. The van der Waals surface area contributed by atoms with Gasteiger partial charge in [-0.25, -0.2) is 9.48 Å². The number of ether oxygens (including phenoxy) is 2. The van der Waals surface area contributed by atoms with Gasteiger partial charge in [0.25, 0.3) is 0 Å². The van der Waals surface area contributed by atoms with Crippen molar-refractivity contribution in [3.63, 3.8) is 0 Å². The molecule has 1 saturated heterocycles. The summed E-state index contributed by atoms with van der Waals surface area (Å²) >= 11 is 0. The number of fused-ring (bicyclic) bond motifs is 1. The summed E-state index contributed by atoms with van der Waals surface area (Å²) in [6, 6.07) is 5.26. The second-order valence-electron chi connectivity index (χ2n) is 5.00. The van der Waals surface area contributed by atoms with Crippen LogP contribution in [0.4, 0.5) is 0 Å². The van der Waals surface area contributed by atoms with Gasteiger partial charge in [0.15, 0.2) is 0 Å². The molecule has 1 aliphatic heterocycles. The zero-order valence-electron chi connectivity index (χ0n) is 11.4. The molecule has 6 heteroatoms. The van der Waals surface area contributed by atoms with Gasteiger partial charge in [0, 0.05) is 13.7 Å². The fourth-order valence-electron chi connectivity index (χ4n) is 2.36. The molecule has 3 rings (SSSR count). The Bertz CT molecular complexity index is 617. The van der Waals surface area contributed by atoms with E-state index in [9.17, 15) is 4.79 Å². The van der Waals surface area contributed by atoms with Crippen molar-refractivity contribution in [1.82, 2.24) is 15.0 Å². The fraction of sp³-hybridized carbons (Fsp3) is 0.500. The van der Waals surface area contributed by atoms with Crippen molar-refractivity contribution in [2.45, 2.75) is 25.4 Å². The van der Waals surface area contributed by atoms with Gasteiger partial charge < -0.3 is 9.47 Å². The zero-order chi connectivity index (χ0) is 13.9. The minimum absolute atomic E-state index is 0.0351. The lowest BCUT2D eigenvalue weighted by Gasteiger charge is -2.22. The molecule has 1 unspecified atom stereocenters. The van der Waals surface area contributed by atoms with E-state index in [0.29, 0.717) is 17.7 Å². The van der Waals surface area contributed by atoms with Crippen LogP contribution < -0.4 is 0 Å². The van der Waals surface area contributed by atoms with Crippen molar-refractivity contribution in [2.75, 3.05) is 13.2 Å². The number of rotatable bonds is 3. The Kier molecular flexibility index (Phi) is 3.64. The van der Waals surface area contributed by atoms with E-state index in [1.807, 2.05) is 13.1 Å². The van der Waals surface area contributed by atoms with Crippen LogP contribution in [0, 0.1) is 0 Å². The molecule has 0 bridgehead atoms. The van der Waals surface area contributed by atoms with Gasteiger partial charge in [-0.1, -0.05) is 5.21 Å². The molecule has 6 nitrogen and oxygen atoms in total. The van der Waals surface area contributed by atoms with E-state index in [0.717, 1.165) is 31.4 Å². The normalized spacial score (nSPS) is 19.1. The maximum Gasteiger partial charge on any atom is 0.338 e. The molecular weight excluding hydrogens is 258 g/mol. The van der Waals surface area contributed by atoms with Crippen LogP contribution in [0.3, 0.4) is 0 Å². The van der Waals surface area contributed by atoms with Gasteiger partial charge in [0.1, 0.15) is 12.1 Å². The molecule has 106 valence electrons. The van der Waals surface area contributed by atoms with Crippen molar-refractivity contribution in [3.8, 4) is 0 Å². The van der Waals surface area contributed by atoms with Crippen molar-refractivity contribution in [1.29, 1.82) is 0 Å². The predicted molar refractivity (Wildman–Crippen MR) is 72.4 cm³/mol. The highest BCUT2D eigenvalue weighted by Gasteiger charge is 2.17. The average Bonchev–Trinajstić information content (AvgIpc) is 2.87. The van der Waals surface area contributed by atoms with Crippen LogP contribution in [-0.4, -0.2) is 40.3 Å². The quantitative estimate of drug-likeness (QED) is 0.797. The summed E-state index contributed by atoms with van der Waals surface area (Å²) in [5.41, 5.74) is 2.07. The van der Waals surface area contributed by atoms with Crippen LogP contribution in [-0.2, 0) is 16.5 Å². The fourth-order valence-corrected chi connectivity index (χ4v) is 2.36. The molecule has 0 spiro atoms. The summed E-state index contributed by atoms with van der Waals surface area (Å²) in [7, 11) is 1.81. The number of esters is 1. The van der Waals surface area contributed by atoms with Crippen LogP contribution >= 0.6 is 0 Å². The van der Waals surface area contributed by atoms with Crippen LogP contribution in [0.25, 0.3) is 11.0 Å². The highest BCUT2D eigenvalue weighted by atomic mass is 16.6. The van der Waals surface area contributed by atoms with E-state index in [2.05, 4.69) is 10.3 Å². The van der Waals surface area contributed by atoms with Crippen molar-refractivity contribution in [2.24, 2.45) is 7.05 Å².